The van der Waals surface area contributed by atoms with Gasteiger partial charge in [0.1, 0.15) is 5.75 Å². The molecule has 0 aliphatic heterocycles. The number of anilines is 1. The summed E-state index contributed by atoms with van der Waals surface area (Å²) >= 11 is 0. The van der Waals surface area contributed by atoms with Crippen LogP contribution in [0, 0.1) is 5.92 Å². The first-order valence-electron chi connectivity index (χ1n) is 5.89. The van der Waals surface area contributed by atoms with Gasteiger partial charge in [-0.1, -0.05) is 13.8 Å². The van der Waals surface area contributed by atoms with Crippen LogP contribution in [0.25, 0.3) is 0 Å². The second kappa shape index (κ2) is 6.86. The van der Waals surface area contributed by atoms with E-state index in [2.05, 4.69) is 10.6 Å². The number of nitrogens with one attached hydrogen (secondary N) is 2. The number of ether oxygens (including phenoxy) is 1. The van der Waals surface area contributed by atoms with E-state index >= 15 is 0 Å². The van der Waals surface area contributed by atoms with Crippen LogP contribution in [0.2, 0.25) is 0 Å². The summed E-state index contributed by atoms with van der Waals surface area (Å²) in [6.45, 7) is 3.80. The molecule has 0 saturated heterocycles. The van der Waals surface area contributed by atoms with Gasteiger partial charge < -0.3 is 20.5 Å². The second-order valence-corrected chi connectivity index (χ2v) is 4.36. The van der Waals surface area contributed by atoms with Crippen LogP contribution in [0.4, 0.5) is 10.5 Å². The summed E-state index contributed by atoms with van der Waals surface area (Å²) in [5.41, 5.74) is 0.675. The number of carbonyl (C=O) groups excluding carboxylic acids is 1. The van der Waals surface area contributed by atoms with Crippen molar-refractivity contribution in [1.82, 2.24) is 5.32 Å². The van der Waals surface area contributed by atoms with Crippen molar-refractivity contribution in [2.24, 2.45) is 5.92 Å². The third-order valence-electron chi connectivity index (χ3n) is 2.67. The van der Waals surface area contributed by atoms with Crippen LogP contribution in [-0.4, -0.2) is 30.9 Å². The topological polar surface area (TPSA) is 70.6 Å². The molecule has 0 spiro atoms. The molecule has 0 aromatic heterocycles. The predicted octanol–water partition coefficient (Wildman–Crippen LogP) is 1.83. The number of hydrogen-bond donors (Lipinski definition) is 3. The molecule has 1 unspecified atom stereocenters. The first kappa shape index (κ1) is 14.3. The van der Waals surface area contributed by atoms with Crippen LogP contribution in [-0.2, 0) is 0 Å². The number of aliphatic hydroxyl groups excluding tert-OH is 1. The Labute approximate surface area is 107 Å². The summed E-state index contributed by atoms with van der Waals surface area (Å²) in [6.07, 6.45) is 0. The van der Waals surface area contributed by atoms with Crippen LogP contribution in [0.15, 0.2) is 24.3 Å². The van der Waals surface area contributed by atoms with Crippen molar-refractivity contribution in [2.75, 3.05) is 19.0 Å². The molecule has 100 valence electrons. The number of benzene rings is 1. The van der Waals surface area contributed by atoms with Crippen LogP contribution in [0.3, 0.4) is 0 Å². The summed E-state index contributed by atoms with van der Waals surface area (Å²) < 4.78 is 5.03. The first-order valence-corrected chi connectivity index (χ1v) is 5.89. The van der Waals surface area contributed by atoms with Crippen molar-refractivity contribution in [1.29, 1.82) is 0 Å². The lowest BCUT2D eigenvalue weighted by Crippen LogP contribution is -2.43. The number of methoxy groups -OCH3 is 1. The Morgan fingerprint density at radius 1 is 1.33 bits per heavy atom. The molecule has 0 aliphatic rings. The van der Waals surface area contributed by atoms with Crippen LogP contribution < -0.4 is 15.4 Å². The Morgan fingerprint density at radius 3 is 2.39 bits per heavy atom. The SMILES string of the molecule is COc1ccc(NC(=O)NC(CO)C(C)C)cc1. The minimum absolute atomic E-state index is 0.0757. The summed E-state index contributed by atoms with van der Waals surface area (Å²) in [7, 11) is 1.59. The molecule has 1 atom stereocenters. The fraction of sp³-hybridized carbons (Fsp3) is 0.462. The van der Waals surface area contributed by atoms with Gasteiger partial charge in [-0.25, -0.2) is 4.79 Å². The van der Waals surface area contributed by atoms with Gasteiger partial charge in [0.2, 0.25) is 0 Å². The standard InChI is InChI=1S/C13H20N2O3/c1-9(2)12(8-16)15-13(17)14-10-4-6-11(18-3)7-5-10/h4-7,9,12,16H,8H2,1-3H3,(H2,14,15,17). The van der Waals surface area contributed by atoms with Crippen molar-refractivity contribution in [2.45, 2.75) is 19.9 Å². The van der Waals surface area contributed by atoms with Gasteiger partial charge in [0, 0.05) is 5.69 Å². The number of aliphatic hydroxyl groups is 1. The molecule has 1 rings (SSSR count). The molecule has 0 radical (unpaired) electrons. The fourth-order valence-electron chi connectivity index (χ4n) is 1.43. The van der Waals surface area contributed by atoms with Gasteiger partial charge >= 0.3 is 6.03 Å². The van der Waals surface area contributed by atoms with E-state index in [0.717, 1.165) is 5.75 Å². The molecule has 1 aromatic carbocycles. The van der Waals surface area contributed by atoms with Crippen molar-refractivity contribution in [3.8, 4) is 5.75 Å². The molecular weight excluding hydrogens is 232 g/mol. The Hall–Kier alpha value is -1.75. The van der Waals surface area contributed by atoms with E-state index in [1.807, 2.05) is 13.8 Å². The summed E-state index contributed by atoms with van der Waals surface area (Å²) in [5, 5.41) is 14.5. The molecule has 2 amide bonds. The van der Waals surface area contributed by atoms with Gasteiger partial charge in [-0.3, -0.25) is 0 Å². The third kappa shape index (κ3) is 4.25. The minimum atomic E-state index is -0.326. The number of hydrogen-bond acceptors (Lipinski definition) is 3. The number of amides is 2. The average molecular weight is 252 g/mol. The maximum atomic E-state index is 11.7. The second-order valence-electron chi connectivity index (χ2n) is 4.36. The van der Waals surface area contributed by atoms with E-state index in [1.54, 1.807) is 31.4 Å². The lowest BCUT2D eigenvalue weighted by Gasteiger charge is -2.20. The number of urea groups is 1. The number of rotatable bonds is 5. The summed E-state index contributed by atoms with van der Waals surface area (Å²) in [6, 6.07) is 6.46. The van der Waals surface area contributed by atoms with Crippen molar-refractivity contribution in [3.63, 3.8) is 0 Å². The van der Waals surface area contributed by atoms with E-state index in [0.29, 0.717) is 5.69 Å². The first-order chi connectivity index (χ1) is 8.56. The van der Waals surface area contributed by atoms with E-state index in [1.165, 1.54) is 0 Å². The normalized spacial score (nSPS) is 12.1. The van der Waals surface area contributed by atoms with Gasteiger partial charge in [0.25, 0.3) is 0 Å². The highest BCUT2D eigenvalue weighted by Gasteiger charge is 2.14. The molecule has 5 nitrogen and oxygen atoms in total. The van der Waals surface area contributed by atoms with Crippen LogP contribution in [0.5, 0.6) is 5.75 Å². The highest BCUT2D eigenvalue weighted by Crippen LogP contribution is 2.14. The Balaban J connectivity index is 2.53. The maximum Gasteiger partial charge on any atom is 0.319 e. The molecule has 5 heteroatoms. The predicted molar refractivity (Wildman–Crippen MR) is 70.9 cm³/mol. The quantitative estimate of drug-likeness (QED) is 0.748. The molecular formula is C13H20N2O3. The zero-order valence-electron chi connectivity index (χ0n) is 10.9. The van der Waals surface area contributed by atoms with E-state index < -0.39 is 0 Å². The zero-order chi connectivity index (χ0) is 13.5. The molecule has 18 heavy (non-hydrogen) atoms. The maximum absolute atomic E-state index is 11.7. The van der Waals surface area contributed by atoms with Crippen molar-refractivity contribution >= 4 is 11.7 Å². The Bertz CT molecular complexity index is 376. The van der Waals surface area contributed by atoms with Gasteiger partial charge in [0.05, 0.1) is 19.8 Å². The Morgan fingerprint density at radius 2 is 1.94 bits per heavy atom. The minimum Gasteiger partial charge on any atom is -0.497 e. The van der Waals surface area contributed by atoms with Gasteiger partial charge in [0.15, 0.2) is 0 Å². The van der Waals surface area contributed by atoms with Crippen LogP contribution >= 0.6 is 0 Å². The zero-order valence-corrected chi connectivity index (χ0v) is 10.9. The van der Waals surface area contributed by atoms with Crippen LogP contribution in [0.1, 0.15) is 13.8 Å². The van der Waals surface area contributed by atoms with E-state index in [9.17, 15) is 4.79 Å². The molecule has 0 heterocycles. The van der Waals surface area contributed by atoms with E-state index in [-0.39, 0.29) is 24.6 Å². The van der Waals surface area contributed by atoms with Gasteiger partial charge in [-0.05, 0) is 30.2 Å². The van der Waals surface area contributed by atoms with Crippen molar-refractivity contribution in [3.05, 3.63) is 24.3 Å². The molecule has 3 N–H and O–H groups in total. The molecule has 0 aliphatic carbocycles. The third-order valence-corrected chi connectivity index (χ3v) is 2.67. The fourth-order valence-corrected chi connectivity index (χ4v) is 1.43. The highest BCUT2D eigenvalue weighted by molar-refractivity contribution is 5.89. The van der Waals surface area contributed by atoms with E-state index in [4.69, 9.17) is 9.84 Å². The lowest BCUT2D eigenvalue weighted by molar-refractivity contribution is 0.204. The summed E-state index contributed by atoms with van der Waals surface area (Å²) in [5.74, 6) is 0.910. The largest absolute Gasteiger partial charge is 0.497 e. The molecule has 1 aromatic rings. The van der Waals surface area contributed by atoms with Crippen molar-refractivity contribution < 1.29 is 14.6 Å². The van der Waals surface area contributed by atoms with Gasteiger partial charge in [-0.2, -0.15) is 0 Å². The molecule has 0 fully saturated rings. The smallest absolute Gasteiger partial charge is 0.319 e. The highest BCUT2D eigenvalue weighted by atomic mass is 16.5. The Kier molecular flexibility index (Phi) is 5.45. The van der Waals surface area contributed by atoms with Gasteiger partial charge in [-0.15, -0.1) is 0 Å². The molecule has 0 bridgehead atoms. The summed E-state index contributed by atoms with van der Waals surface area (Å²) in [4.78, 5) is 11.7. The molecule has 0 saturated carbocycles. The number of carbonyl (C=O) groups is 1. The lowest BCUT2D eigenvalue weighted by atomic mass is 10.1. The average Bonchev–Trinajstić information content (AvgIpc) is 2.36. The monoisotopic (exact) mass is 252 g/mol.